The van der Waals surface area contributed by atoms with Gasteiger partial charge in [-0.3, -0.25) is 4.79 Å². The minimum Gasteiger partial charge on any atom is -0.293 e. The van der Waals surface area contributed by atoms with Gasteiger partial charge in [0.05, 0.1) is 4.83 Å². The molecule has 0 aliphatic rings. The zero-order valence-corrected chi connectivity index (χ0v) is 11.0. The molecule has 0 aromatic heterocycles. The molecule has 0 saturated carbocycles. The van der Waals surface area contributed by atoms with E-state index >= 15 is 0 Å². The standard InChI is InChI=1S/C10H13BrO.C2H6/c1-4-6-7-9(5-2)10(12)8(3)11;1-2/h4-8H,1H2,2-3H3;1-2H3/b7-6-,9-5+;. The highest BCUT2D eigenvalue weighted by Crippen LogP contribution is 2.08. The van der Waals surface area contributed by atoms with Gasteiger partial charge in [0.1, 0.15) is 0 Å². The molecule has 14 heavy (non-hydrogen) atoms. The molecule has 0 aromatic rings. The summed E-state index contributed by atoms with van der Waals surface area (Å²) in [5, 5.41) is 0. The van der Waals surface area contributed by atoms with Crippen LogP contribution in [0, 0.1) is 0 Å². The molecule has 0 amide bonds. The van der Waals surface area contributed by atoms with E-state index in [4.69, 9.17) is 0 Å². The third-order valence-corrected chi connectivity index (χ3v) is 1.78. The topological polar surface area (TPSA) is 17.1 Å². The van der Waals surface area contributed by atoms with Crippen molar-refractivity contribution < 1.29 is 4.79 Å². The fraction of sp³-hybridized carbons (Fsp3) is 0.417. The maximum absolute atomic E-state index is 11.4. The van der Waals surface area contributed by atoms with Gasteiger partial charge in [-0.2, -0.15) is 0 Å². The SMILES string of the molecule is C=C/C=C\C(=C/C)C(=O)C(C)Br.CC. The smallest absolute Gasteiger partial charge is 0.175 e. The van der Waals surface area contributed by atoms with Gasteiger partial charge in [-0.1, -0.05) is 60.7 Å². The second kappa shape index (κ2) is 10.5. The number of Topliss-reactive ketones (excluding diaryl/α,β-unsaturated/α-hetero) is 1. The third-order valence-electron chi connectivity index (χ3n) is 1.37. The summed E-state index contributed by atoms with van der Waals surface area (Å²) < 4.78 is 0. The highest BCUT2D eigenvalue weighted by molar-refractivity contribution is 9.10. The number of carbonyl (C=O) groups is 1. The number of hydrogen-bond acceptors (Lipinski definition) is 1. The van der Waals surface area contributed by atoms with Crippen molar-refractivity contribution in [1.82, 2.24) is 0 Å². The predicted octanol–water partition coefficient (Wildman–Crippen LogP) is 4.05. The van der Waals surface area contributed by atoms with Gasteiger partial charge in [-0.25, -0.2) is 0 Å². The molecule has 0 bridgehead atoms. The molecule has 1 unspecified atom stereocenters. The molecule has 0 aliphatic carbocycles. The monoisotopic (exact) mass is 258 g/mol. The molecule has 0 saturated heterocycles. The lowest BCUT2D eigenvalue weighted by Gasteiger charge is -2.01. The third kappa shape index (κ3) is 6.84. The summed E-state index contributed by atoms with van der Waals surface area (Å²) in [6.07, 6.45) is 6.95. The maximum atomic E-state index is 11.4. The summed E-state index contributed by atoms with van der Waals surface area (Å²) in [4.78, 5) is 11.3. The Balaban J connectivity index is 0. The van der Waals surface area contributed by atoms with E-state index in [0.717, 1.165) is 0 Å². The average molecular weight is 259 g/mol. The molecule has 0 radical (unpaired) electrons. The lowest BCUT2D eigenvalue weighted by molar-refractivity contribution is -0.114. The molecular weight excluding hydrogens is 240 g/mol. The van der Waals surface area contributed by atoms with Gasteiger partial charge in [0.2, 0.25) is 0 Å². The van der Waals surface area contributed by atoms with Gasteiger partial charge in [0.25, 0.3) is 0 Å². The van der Waals surface area contributed by atoms with E-state index in [1.807, 2.05) is 27.7 Å². The van der Waals surface area contributed by atoms with E-state index in [9.17, 15) is 4.79 Å². The fourth-order valence-corrected chi connectivity index (χ4v) is 0.986. The summed E-state index contributed by atoms with van der Waals surface area (Å²) >= 11 is 3.22. The second-order valence-corrected chi connectivity index (χ2v) is 3.69. The van der Waals surface area contributed by atoms with E-state index in [1.54, 1.807) is 24.3 Å². The number of ketones is 1. The van der Waals surface area contributed by atoms with Crippen LogP contribution in [0.1, 0.15) is 27.7 Å². The summed E-state index contributed by atoms with van der Waals surface area (Å²) in [6.45, 7) is 11.2. The molecule has 0 heterocycles. The van der Waals surface area contributed by atoms with E-state index in [0.29, 0.717) is 5.57 Å². The number of alkyl halides is 1. The maximum Gasteiger partial charge on any atom is 0.175 e. The first-order chi connectivity index (χ1) is 6.63. The van der Waals surface area contributed by atoms with Crippen LogP contribution in [0.25, 0.3) is 0 Å². The first-order valence-electron chi connectivity index (χ1n) is 4.77. The Bertz CT molecular complexity index is 224. The normalized spacial score (nSPS) is 13.1. The number of halogens is 1. The van der Waals surface area contributed by atoms with Crippen LogP contribution in [-0.4, -0.2) is 10.6 Å². The highest BCUT2D eigenvalue weighted by atomic mass is 79.9. The van der Waals surface area contributed by atoms with E-state index in [-0.39, 0.29) is 10.6 Å². The predicted molar refractivity (Wildman–Crippen MR) is 67.8 cm³/mol. The Hall–Kier alpha value is -0.630. The summed E-state index contributed by atoms with van der Waals surface area (Å²) in [5.41, 5.74) is 0.708. The molecule has 0 aromatic carbocycles. The molecule has 0 spiro atoms. The molecule has 1 nitrogen and oxygen atoms in total. The number of rotatable bonds is 4. The van der Waals surface area contributed by atoms with Crippen molar-refractivity contribution in [3.05, 3.63) is 36.5 Å². The van der Waals surface area contributed by atoms with E-state index in [2.05, 4.69) is 22.5 Å². The fourth-order valence-electron chi connectivity index (χ4n) is 0.722. The van der Waals surface area contributed by atoms with Gasteiger partial charge in [0, 0.05) is 5.57 Å². The van der Waals surface area contributed by atoms with Crippen molar-refractivity contribution >= 4 is 21.7 Å². The van der Waals surface area contributed by atoms with Crippen LogP contribution in [0.15, 0.2) is 36.5 Å². The van der Waals surface area contributed by atoms with Gasteiger partial charge < -0.3 is 0 Å². The summed E-state index contributed by atoms with van der Waals surface area (Å²) in [5.74, 6) is 0.0931. The van der Waals surface area contributed by atoms with E-state index < -0.39 is 0 Å². The number of carbonyl (C=O) groups excluding carboxylic acids is 1. The van der Waals surface area contributed by atoms with Gasteiger partial charge in [-0.05, 0) is 13.8 Å². The second-order valence-electron chi connectivity index (χ2n) is 2.32. The molecule has 0 aliphatic heterocycles. The highest BCUT2D eigenvalue weighted by Gasteiger charge is 2.10. The Morgan fingerprint density at radius 3 is 2.21 bits per heavy atom. The van der Waals surface area contributed by atoms with Gasteiger partial charge >= 0.3 is 0 Å². The number of allylic oxidation sites excluding steroid dienone is 5. The zero-order chi connectivity index (χ0) is 11.6. The van der Waals surface area contributed by atoms with Crippen LogP contribution in [0.3, 0.4) is 0 Å². The first kappa shape index (κ1) is 15.8. The van der Waals surface area contributed by atoms with Crippen LogP contribution in [0.2, 0.25) is 0 Å². The zero-order valence-electron chi connectivity index (χ0n) is 9.38. The molecule has 0 N–H and O–H groups in total. The lowest BCUT2D eigenvalue weighted by Crippen LogP contribution is -2.10. The lowest BCUT2D eigenvalue weighted by atomic mass is 10.1. The van der Waals surface area contributed by atoms with Crippen molar-refractivity contribution in [3.8, 4) is 0 Å². The Kier molecular flexibility index (Phi) is 11.8. The summed E-state index contributed by atoms with van der Waals surface area (Å²) in [6, 6.07) is 0. The minimum atomic E-state index is -0.127. The minimum absolute atomic E-state index is 0.0931. The first-order valence-corrected chi connectivity index (χ1v) is 5.68. The van der Waals surface area contributed by atoms with Crippen molar-refractivity contribution in [1.29, 1.82) is 0 Å². The number of hydrogen-bond donors (Lipinski definition) is 0. The molecule has 0 fully saturated rings. The Morgan fingerprint density at radius 1 is 1.43 bits per heavy atom. The van der Waals surface area contributed by atoms with Crippen molar-refractivity contribution in [2.45, 2.75) is 32.5 Å². The molecule has 1 atom stereocenters. The van der Waals surface area contributed by atoms with Crippen LogP contribution in [0.5, 0.6) is 0 Å². The quantitative estimate of drug-likeness (QED) is 0.423. The molecule has 2 heteroatoms. The van der Waals surface area contributed by atoms with Crippen LogP contribution in [0.4, 0.5) is 0 Å². The van der Waals surface area contributed by atoms with Crippen LogP contribution in [-0.2, 0) is 4.79 Å². The average Bonchev–Trinajstić information content (AvgIpc) is 2.21. The van der Waals surface area contributed by atoms with Crippen molar-refractivity contribution in [3.63, 3.8) is 0 Å². The van der Waals surface area contributed by atoms with Crippen LogP contribution >= 0.6 is 15.9 Å². The molecule has 80 valence electrons. The van der Waals surface area contributed by atoms with E-state index in [1.165, 1.54) is 0 Å². The molecular formula is C12H19BrO. The largest absolute Gasteiger partial charge is 0.293 e. The van der Waals surface area contributed by atoms with Crippen molar-refractivity contribution in [2.75, 3.05) is 0 Å². The van der Waals surface area contributed by atoms with Crippen LogP contribution < -0.4 is 0 Å². The summed E-state index contributed by atoms with van der Waals surface area (Å²) in [7, 11) is 0. The molecule has 0 rings (SSSR count). The van der Waals surface area contributed by atoms with Gasteiger partial charge in [0.15, 0.2) is 5.78 Å². The Morgan fingerprint density at radius 2 is 1.93 bits per heavy atom. The van der Waals surface area contributed by atoms with Crippen molar-refractivity contribution in [2.24, 2.45) is 0 Å². The Labute approximate surface area is 95.7 Å². The van der Waals surface area contributed by atoms with Gasteiger partial charge in [-0.15, -0.1) is 0 Å².